The number of rotatable bonds is 1. The van der Waals surface area contributed by atoms with Crippen molar-refractivity contribution >= 4 is 21.9 Å². The molecule has 0 fully saturated rings. The van der Waals surface area contributed by atoms with Crippen molar-refractivity contribution in [3.05, 3.63) is 41.6 Å². The zero-order chi connectivity index (χ0) is 15.4. The molecule has 110 valence electrons. The molecule has 0 aliphatic heterocycles. The van der Waals surface area contributed by atoms with Gasteiger partial charge in [-0.2, -0.15) is 22.0 Å². The Morgan fingerprint density at radius 3 is 2.38 bits per heavy atom. The number of alkyl halides is 5. The number of halogens is 5. The number of pyridine rings is 1. The molecule has 0 radical (unpaired) electrons. The van der Waals surface area contributed by atoms with Gasteiger partial charge in [0.1, 0.15) is 5.65 Å². The standard InChI is InChI=1S/C14H9F5N2/c1-7-6-9(13(15,16)14(17,18)19)11-8-4-2-3-5-10(8)21-12(11)20-7/h2-6H,1H3,(H,20,21). The number of aryl methyl sites for hydroxylation is 1. The molecule has 0 spiro atoms. The van der Waals surface area contributed by atoms with Gasteiger partial charge in [0, 0.05) is 27.5 Å². The lowest BCUT2D eigenvalue weighted by Gasteiger charge is -2.21. The van der Waals surface area contributed by atoms with Crippen molar-refractivity contribution in [2.75, 3.05) is 0 Å². The number of aromatic nitrogens is 2. The van der Waals surface area contributed by atoms with E-state index in [1.807, 2.05) is 0 Å². The zero-order valence-electron chi connectivity index (χ0n) is 10.7. The second-order valence-corrected chi connectivity index (χ2v) is 4.78. The third-order valence-corrected chi connectivity index (χ3v) is 3.29. The Morgan fingerprint density at radius 1 is 1.05 bits per heavy atom. The smallest absolute Gasteiger partial charge is 0.339 e. The van der Waals surface area contributed by atoms with Gasteiger partial charge in [0.25, 0.3) is 0 Å². The van der Waals surface area contributed by atoms with E-state index in [2.05, 4.69) is 9.97 Å². The van der Waals surface area contributed by atoms with E-state index < -0.39 is 17.7 Å². The fourth-order valence-corrected chi connectivity index (χ4v) is 2.37. The molecule has 2 aromatic heterocycles. The van der Waals surface area contributed by atoms with Gasteiger partial charge in [0.05, 0.1) is 0 Å². The van der Waals surface area contributed by atoms with E-state index in [0.717, 1.165) is 6.07 Å². The minimum Gasteiger partial charge on any atom is -0.339 e. The van der Waals surface area contributed by atoms with Crippen molar-refractivity contribution in [2.24, 2.45) is 0 Å². The van der Waals surface area contributed by atoms with Crippen LogP contribution >= 0.6 is 0 Å². The molecule has 3 aromatic rings. The fraction of sp³-hybridized carbons (Fsp3) is 0.214. The van der Waals surface area contributed by atoms with Gasteiger partial charge in [-0.15, -0.1) is 0 Å². The molecule has 2 nitrogen and oxygen atoms in total. The van der Waals surface area contributed by atoms with Gasteiger partial charge in [0.2, 0.25) is 0 Å². The molecule has 0 unspecified atom stereocenters. The van der Waals surface area contributed by atoms with E-state index in [1.54, 1.807) is 18.2 Å². The Morgan fingerprint density at radius 2 is 1.71 bits per heavy atom. The summed E-state index contributed by atoms with van der Waals surface area (Å²) in [5.41, 5.74) is -0.497. The number of nitrogens with zero attached hydrogens (tertiary/aromatic N) is 1. The first-order valence-electron chi connectivity index (χ1n) is 6.05. The molecular weight excluding hydrogens is 291 g/mol. The van der Waals surface area contributed by atoms with Gasteiger partial charge in [-0.3, -0.25) is 0 Å². The van der Waals surface area contributed by atoms with Crippen LogP contribution in [0.2, 0.25) is 0 Å². The topological polar surface area (TPSA) is 28.7 Å². The van der Waals surface area contributed by atoms with E-state index in [0.29, 0.717) is 10.9 Å². The number of para-hydroxylation sites is 1. The van der Waals surface area contributed by atoms with Gasteiger partial charge in [0.15, 0.2) is 0 Å². The van der Waals surface area contributed by atoms with Crippen LogP contribution < -0.4 is 0 Å². The van der Waals surface area contributed by atoms with E-state index in [-0.39, 0.29) is 16.7 Å². The highest BCUT2D eigenvalue weighted by Gasteiger charge is 2.59. The SMILES string of the molecule is Cc1cc(C(F)(F)C(F)(F)F)c2c(n1)[nH]c1ccccc12. The van der Waals surface area contributed by atoms with Crippen molar-refractivity contribution in [3.8, 4) is 0 Å². The maximum Gasteiger partial charge on any atom is 0.458 e. The average Bonchev–Trinajstić information content (AvgIpc) is 2.74. The van der Waals surface area contributed by atoms with Gasteiger partial charge < -0.3 is 4.98 Å². The summed E-state index contributed by atoms with van der Waals surface area (Å²) in [6.45, 7) is 1.38. The fourth-order valence-electron chi connectivity index (χ4n) is 2.37. The summed E-state index contributed by atoms with van der Waals surface area (Å²) in [6, 6.07) is 7.11. The third kappa shape index (κ3) is 1.95. The Kier molecular flexibility index (Phi) is 2.73. The van der Waals surface area contributed by atoms with Crippen LogP contribution in [0, 0.1) is 6.92 Å². The monoisotopic (exact) mass is 300 g/mol. The van der Waals surface area contributed by atoms with Crippen molar-refractivity contribution < 1.29 is 22.0 Å². The lowest BCUT2D eigenvalue weighted by molar-refractivity contribution is -0.288. The molecular formula is C14H9F5N2. The van der Waals surface area contributed by atoms with Gasteiger partial charge in [-0.25, -0.2) is 4.98 Å². The average molecular weight is 300 g/mol. The van der Waals surface area contributed by atoms with Crippen molar-refractivity contribution in [3.63, 3.8) is 0 Å². The Hall–Kier alpha value is -2.18. The van der Waals surface area contributed by atoms with Crippen LogP contribution in [0.1, 0.15) is 11.3 Å². The van der Waals surface area contributed by atoms with Crippen LogP contribution in [0.5, 0.6) is 0 Å². The summed E-state index contributed by atoms with van der Waals surface area (Å²) in [5, 5.41) is 0.0949. The molecule has 1 aromatic carbocycles. The first-order valence-corrected chi connectivity index (χ1v) is 6.05. The van der Waals surface area contributed by atoms with Crippen LogP contribution in [-0.2, 0) is 5.92 Å². The first-order chi connectivity index (χ1) is 9.72. The lowest BCUT2D eigenvalue weighted by Crippen LogP contribution is -2.34. The largest absolute Gasteiger partial charge is 0.458 e. The molecule has 3 rings (SSSR count). The summed E-state index contributed by atoms with van der Waals surface area (Å²) >= 11 is 0. The van der Waals surface area contributed by atoms with E-state index in [1.165, 1.54) is 13.0 Å². The second kappa shape index (κ2) is 4.16. The molecule has 2 heterocycles. The normalized spacial score (nSPS) is 13.2. The van der Waals surface area contributed by atoms with E-state index >= 15 is 0 Å². The summed E-state index contributed by atoms with van der Waals surface area (Å²) in [6.07, 6.45) is -5.66. The molecule has 0 saturated heterocycles. The van der Waals surface area contributed by atoms with Crippen LogP contribution in [0.4, 0.5) is 22.0 Å². The highest BCUT2D eigenvalue weighted by Crippen LogP contribution is 2.47. The molecule has 7 heteroatoms. The van der Waals surface area contributed by atoms with E-state index in [9.17, 15) is 22.0 Å². The number of fused-ring (bicyclic) bond motifs is 3. The summed E-state index contributed by atoms with van der Waals surface area (Å²) in [4.78, 5) is 6.78. The number of benzene rings is 1. The van der Waals surface area contributed by atoms with Crippen molar-refractivity contribution in [2.45, 2.75) is 19.0 Å². The quantitative estimate of drug-likeness (QED) is 0.650. The molecule has 1 N–H and O–H groups in total. The first kappa shape index (κ1) is 13.8. The third-order valence-electron chi connectivity index (χ3n) is 3.29. The van der Waals surface area contributed by atoms with Gasteiger partial charge in [-0.1, -0.05) is 18.2 Å². The Labute approximate surface area is 115 Å². The van der Waals surface area contributed by atoms with Crippen LogP contribution in [-0.4, -0.2) is 16.1 Å². The highest BCUT2D eigenvalue weighted by atomic mass is 19.4. The number of hydrogen-bond acceptors (Lipinski definition) is 1. The highest BCUT2D eigenvalue weighted by molar-refractivity contribution is 6.07. The predicted octanol–water partition coefficient (Wildman–Crippen LogP) is 4.68. The molecule has 0 aliphatic rings. The van der Waals surface area contributed by atoms with Crippen molar-refractivity contribution in [1.82, 2.24) is 9.97 Å². The maximum atomic E-state index is 13.8. The summed E-state index contributed by atoms with van der Waals surface area (Å²) in [5.74, 6) is -4.94. The number of hydrogen-bond donors (Lipinski definition) is 1. The molecule has 0 atom stereocenters. The molecule has 0 saturated carbocycles. The van der Waals surface area contributed by atoms with Crippen molar-refractivity contribution in [1.29, 1.82) is 0 Å². The van der Waals surface area contributed by atoms with Gasteiger partial charge in [-0.05, 0) is 19.1 Å². The molecule has 21 heavy (non-hydrogen) atoms. The Balaban J connectivity index is 2.47. The van der Waals surface area contributed by atoms with Crippen LogP contribution in [0.3, 0.4) is 0 Å². The minimum absolute atomic E-state index is 0.0233. The lowest BCUT2D eigenvalue weighted by atomic mass is 10.0. The van der Waals surface area contributed by atoms with Crippen LogP contribution in [0.15, 0.2) is 30.3 Å². The number of aromatic amines is 1. The number of H-pyrrole nitrogens is 1. The molecule has 0 bridgehead atoms. The summed E-state index contributed by atoms with van der Waals surface area (Å²) < 4.78 is 65.7. The Bertz CT molecular complexity index is 832. The van der Waals surface area contributed by atoms with Gasteiger partial charge >= 0.3 is 12.1 Å². The molecule has 0 amide bonds. The van der Waals surface area contributed by atoms with E-state index in [4.69, 9.17) is 0 Å². The maximum absolute atomic E-state index is 13.8. The summed E-state index contributed by atoms with van der Waals surface area (Å²) in [7, 11) is 0. The minimum atomic E-state index is -5.66. The zero-order valence-corrected chi connectivity index (χ0v) is 10.7. The number of nitrogens with one attached hydrogen (secondary N) is 1. The van der Waals surface area contributed by atoms with Crippen LogP contribution in [0.25, 0.3) is 21.9 Å². The molecule has 0 aliphatic carbocycles. The predicted molar refractivity (Wildman–Crippen MR) is 68.3 cm³/mol. The second-order valence-electron chi connectivity index (χ2n) is 4.78.